The van der Waals surface area contributed by atoms with Crippen molar-refractivity contribution in [2.24, 2.45) is 11.3 Å². The van der Waals surface area contributed by atoms with Crippen molar-refractivity contribution in [2.75, 3.05) is 13.2 Å². The number of rotatable bonds is 5. The van der Waals surface area contributed by atoms with Gasteiger partial charge in [0.1, 0.15) is 0 Å². The van der Waals surface area contributed by atoms with Crippen LogP contribution in [-0.2, 0) is 0 Å². The highest BCUT2D eigenvalue weighted by Gasteiger charge is 2.36. The Hall–Kier alpha value is -0.120. The summed E-state index contributed by atoms with van der Waals surface area (Å²) in [6.07, 6.45) is 4.29. The van der Waals surface area contributed by atoms with E-state index in [1.807, 2.05) is 6.92 Å². The van der Waals surface area contributed by atoms with Gasteiger partial charge in [-0.15, -0.1) is 0 Å². The predicted octanol–water partition coefficient (Wildman–Crippen LogP) is 1.92. The summed E-state index contributed by atoms with van der Waals surface area (Å²) in [6.45, 7) is 8.93. The zero-order chi connectivity index (χ0) is 13.1. The predicted molar refractivity (Wildman–Crippen MR) is 70.9 cm³/mol. The molecule has 102 valence electrons. The van der Waals surface area contributed by atoms with E-state index in [1.165, 1.54) is 6.42 Å². The summed E-state index contributed by atoms with van der Waals surface area (Å²) in [5, 5.41) is 22.5. The molecule has 3 N–H and O–H groups in total. The van der Waals surface area contributed by atoms with Crippen LogP contribution in [0.5, 0.6) is 0 Å². The topological polar surface area (TPSA) is 52.5 Å². The van der Waals surface area contributed by atoms with E-state index < -0.39 is 5.54 Å². The highest BCUT2D eigenvalue weighted by molar-refractivity contribution is 4.94. The molecule has 0 heterocycles. The Kier molecular flexibility index (Phi) is 4.99. The molecule has 0 aromatic rings. The Balaban J connectivity index is 2.66. The molecule has 0 aromatic carbocycles. The fourth-order valence-electron chi connectivity index (χ4n) is 3.36. The van der Waals surface area contributed by atoms with Gasteiger partial charge in [-0.05, 0) is 37.0 Å². The summed E-state index contributed by atoms with van der Waals surface area (Å²) in [7, 11) is 0. The summed E-state index contributed by atoms with van der Waals surface area (Å²) in [4.78, 5) is 0. The monoisotopic (exact) mass is 243 g/mol. The standard InChI is InChI=1S/C14H29NO2/c1-5-14(9-16,10-17)15-12-6-11(2)7-13(3,4)8-12/h11-12,15-17H,5-10H2,1-4H3. The molecule has 2 atom stereocenters. The van der Waals surface area contributed by atoms with Crippen LogP contribution in [0.4, 0.5) is 0 Å². The number of aliphatic hydroxyl groups excluding tert-OH is 2. The van der Waals surface area contributed by atoms with Gasteiger partial charge in [-0.3, -0.25) is 0 Å². The summed E-state index contributed by atoms with van der Waals surface area (Å²) >= 11 is 0. The van der Waals surface area contributed by atoms with Crippen LogP contribution in [0.25, 0.3) is 0 Å². The maximum absolute atomic E-state index is 9.48. The molecule has 17 heavy (non-hydrogen) atoms. The normalized spacial score (nSPS) is 29.3. The van der Waals surface area contributed by atoms with Crippen LogP contribution in [-0.4, -0.2) is 35.0 Å². The molecule has 0 aliphatic heterocycles. The molecule has 0 spiro atoms. The van der Waals surface area contributed by atoms with Gasteiger partial charge in [0.15, 0.2) is 0 Å². The fraction of sp³-hybridized carbons (Fsp3) is 1.00. The minimum absolute atomic E-state index is 0.00527. The van der Waals surface area contributed by atoms with Gasteiger partial charge >= 0.3 is 0 Å². The fourth-order valence-corrected chi connectivity index (χ4v) is 3.36. The lowest BCUT2D eigenvalue weighted by Gasteiger charge is -2.43. The zero-order valence-corrected chi connectivity index (χ0v) is 11.8. The van der Waals surface area contributed by atoms with Crippen LogP contribution in [0.1, 0.15) is 53.4 Å². The lowest BCUT2D eigenvalue weighted by molar-refractivity contribution is 0.0524. The third-order valence-corrected chi connectivity index (χ3v) is 4.18. The average Bonchev–Trinajstić information content (AvgIpc) is 2.23. The molecule has 1 fully saturated rings. The van der Waals surface area contributed by atoms with Gasteiger partial charge in [0.25, 0.3) is 0 Å². The van der Waals surface area contributed by atoms with E-state index in [1.54, 1.807) is 0 Å². The van der Waals surface area contributed by atoms with Gasteiger partial charge in [-0.1, -0.05) is 27.7 Å². The van der Waals surface area contributed by atoms with Crippen molar-refractivity contribution in [3.05, 3.63) is 0 Å². The lowest BCUT2D eigenvalue weighted by Crippen LogP contribution is -2.57. The first kappa shape index (κ1) is 14.9. The van der Waals surface area contributed by atoms with Crippen LogP contribution < -0.4 is 5.32 Å². The summed E-state index contributed by atoms with van der Waals surface area (Å²) in [5.74, 6) is 0.711. The van der Waals surface area contributed by atoms with E-state index in [2.05, 4.69) is 26.1 Å². The molecular formula is C14H29NO2. The largest absolute Gasteiger partial charge is 0.394 e. The highest BCUT2D eigenvalue weighted by atomic mass is 16.3. The van der Waals surface area contributed by atoms with Gasteiger partial charge in [-0.2, -0.15) is 0 Å². The van der Waals surface area contributed by atoms with E-state index in [-0.39, 0.29) is 13.2 Å². The number of hydrogen-bond acceptors (Lipinski definition) is 3. The van der Waals surface area contributed by atoms with Crippen molar-refractivity contribution in [2.45, 2.75) is 65.0 Å². The minimum Gasteiger partial charge on any atom is -0.394 e. The molecule has 0 aromatic heterocycles. The van der Waals surface area contributed by atoms with Crippen molar-refractivity contribution in [1.29, 1.82) is 0 Å². The van der Waals surface area contributed by atoms with Crippen molar-refractivity contribution < 1.29 is 10.2 Å². The quantitative estimate of drug-likeness (QED) is 0.691. The van der Waals surface area contributed by atoms with Crippen LogP contribution in [0.3, 0.4) is 0 Å². The second-order valence-corrected chi connectivity index (χ2v) is 6.70. The lowest BCUT2D eigenvalue weighted by atomic mass is 9.70. The molecule has 2 unspecified atom stereocenters. The summed E-state index contributed by atoms with van der Waals surface area (Å²) in [6, 6.07) is 0.410. The average molecular weight is 243 g/mol. The van der Waals surface area contributed by atoms with Crippen molar-refractivity contribution in [3.8, 4) is 0 Å². The van der Waals surface area contributed by atoms with Crippen molar-refractivity contribution >= 4 is 0 Å². The molecule has 0 radical (unpaired) electrons. The molecule has 0 saturated heterocycles. The number of hydrogen-bond donors (Lipinski definition) is 3. The summed E-state index contributed by atoms with van der Waals surface area (Å²) < 4.78 is 0. The number of nitrogens with one attached hydrogen (secondary N) is 1. The van der Waals surface area contributed by atoms with Crippen LogP contribution in [0.2, 0.25) is 0 Å². The molecule has 0 bridgehead atoms. The Bertz CT molecular complexity index is 228. The van der Waals surface area contributed by atoms with E-state index in [9.17, 15) is 10.2 Å². The molecule has 3 nitrogen and oxygen atoms in total. The molecule has 0 amide bonds. The van der Waals surface area contributed by atoms with Gasteiger partial charge in [0.05, 0.1) is 18.8 Å². The van der Waals surface area contributed by atoms with E-state index in [4.69, 9.17) is 0 Å². The van der Waals surface area contributed by atoms with Crippen LogP contribution in [0, 0.1) is 11.3 Å². The van der Waals surface area contributed by atoms with E-state index in [0.29, 0.717) is 17.4 Å². The van der Waals surface area contributed by atoms with E-state index in [0.717, 1.165) is 19.3 Å². The van der Waals surface area contributed by atoms with Gasteiger partial charge in [0, 0.05) is 6.04 Å². The molecule has 1 saturated carbocycles. The molecular weight excluding hydrogens is 214 g/mol. The highest BCUT2D eigenvalue weighted by Crippen LogP contribution is 2.39. The maximum atomic E-state index is 9.48. The Morgan fingerprint density at radius 2 is 1.82 bits per heavy atom. The van der Waals surface area contributed by atoms with E-state index >= 15 is 0 Å². The van der Waals surface area contributed by atoms with Crippen LogP contribution in [0.15, 0.2) is 0 Å². The molecule has 1 rings (SSSR count). The second-order valence-electron chi connectivity index (χ2n) is 6.70. The molecule has 1 aliphatic carbocycles. The third kappa shape index (κ3) is 3.94. The molecule has 1 aliphatic rings. The van der Waals surface area contributed by atoms with Gasteiger partial charge < -0.3 is 15.5 Å². The first-order valence-electron chi connectivity index (χ1n) is 6.86. The van der Waals surface area contributed by atoms with Crippen molar-refractivity contribution in [3.63, 3.8) is 0 Å². The van der Waals surface area contributed by atoms with Gasteiger partial charge in [0.2, 0.25) is 0 Å². The third-order valence-electron chi connectivity index (χ3n) is 4.18. The Morgan fingerprint density at radius 3 is 2.24 bits per heavy atom. The Morgan fingerprint density at radius 1 is 1.24 bits per heavy atom. The number of aliphatic hydroxyl groups is 2. The second kappa shape index (κ2) is 5.68. The first-order chi connectivity index (χ1) is 7.86. The zero-order valence-electron chi connectivity index (χ0n) is 11.8. The van der Waals surface area contributed by atoms with Gasteiger partial charge in [-0.25, -0.2) is 0 Å². The summed E-state index contributed by atoms with van der Waals surface area (Å²) in [5.41, 5.74) is -0.141. The smallest absolute Gasteiger partial charge is 0.0647 e. The van der Waals surface area contributed by atoms with Crippen LogP contribution >= 0.6 is 0 Å². The SMILES string of the molecule is CCC(CO)(CO)NC1CC(C)CC(C)(C)C1. The Labute approximate surface area is 106 Å². The van der Waals surface area contributed by atoms with Crippen molar-refractivity contribution in [1.82, 2.24) is 5.32 Å². The first-order valence-corrected chi connectivity index (χ1v) is 6.86. The minimum atomic E-state index is -0.502. The maximum Gasteiger partial charge on any atom is 0.0647 e. The molecule has 3 heteroatoms.